The maximum absolute atomic E-state index is 12.1. The van der Waals surface area contributed by atoms with E-state index in [-0.39, 0.29) is 18.9 Å². The number of rotatable bonds is 4. The third-order valence-electron chi connectivity index (χ3n) is 2.59. The summed E-state index contributed by atoms with van der Waals surface area (Å²) in [6.45, 7) is 0.844. The van der Waals surface area contributed by atoms with Crippen LogP contribution in [0.3, 0.4) is 0 Å². The molecule has 0 saturated heterocycles. The molecule has 0 saturated carbocycles. The standard InChI is InChI=1S/C11H13N3O3S/c1-11(4-15,5-16)14-9(17)8-7-2-3-18-10(7)13-6-12-8/h2-3,6,15-16H,4-5H2,1H3,(H,14,17). The topological polar surface area (TPSA) is 95.3 Å². The van der Waals surface area contributed by atoms with Gasteiger partial charge in [0.2, 0.25) is 0 Å². The lowest BCUT2D eigenvalue weighted by Crippen LogP contribution is -2.51. The Kier molecular flexibility index (Phi) is 3.55. The van der Waals surface area contributed by atoms with Gasteiger partial charge in [-0.25, -0.2) is 9.97 Å². The molecule has 2 rings (SSSR count). The van der Waals surface area contributed by atoms with E-state index in [2.05, 4.69) is 15.3 Å². The zero-order valence-electron chi connectivity index (χ0n) is 9.75. The van der Waals surface area contributed by atoms with Gasteiger partial charge in [-0.2, -0.15) is 0 Å². The van der Waals surface area contributed by atoms with Gasteiger partial charge in [-0.3, -0.25) is 4.79 Å². The second-order valence-electron chi connectivity index (χ2n) is 4.19. The van der Waals surface area contributed by atoms with Crippen molar-refractivity contribution in [3.63, 3.8) is 0 Å². The van der Waals surface area contributed by atoms with Gasteiger partial charge >= 0.3 is 0 Å². The van der Waals surface area contributed by atoms with Crippen molar-refractivity contribution in [1.29, 1.82) is 0 Å². The fourth-order valence-corrected chi connectivity index (χ4v) is 2.17. The Bertz CT molecular complexity index is 565. The number of hydrogen-bond acceptors (Lipinski definition) is 6. The Labute approximate surface area is 107 Å². The van der Waals surface area contributed by atoms with Gasteiger partial charge in [-0.1, -0.05) is 0 Å². The fraction of sp³-hybridized carbons (Fsp3) is 0.364. The maximum Gasteiger partial charge on any atom is 0.271 e. The van der Waals surface area contributed by atoms with Crippen LogP contribution in [-0.2, 0) is 0 Å². The van der Waals surface area contributed by atoms with Gasteiger partial charge in [0.15, 0.2) is 0 Å². The molecule has 2 heterocycles. The summed E-state index contributed by atoms with van der Waals surface area (Å²) in [6, 6.07) is 1.77. The molecule has 18 heavy (non-hydrogen) atoms. The van der Waals surface area contributed by atoms with Gasteiger partial charge in [-0.05, 0) is 18.4 Å². The zero-order valence-corrected chi connectivity index (χ0v) is 10.6. The number of aliphatic hydroxyl groups is 2. The van der Waals surface area contributed by atoms with Crippen LogP contribution < -0.4 is 5.32 Å². The second kappa shape index (κ2) is 4.97. The summed E-state index contributed by atoms with van der Waals surface area (Å²) >= 11 is 1.42. The summed E-state index contributed by atoms with van der Waals surface area (Å²) < 4.78 is 0. The van der Waals surface area contributed by atoms with Crippen molar-refractivity contribution >= 4 is 27.5 Å². The lowest BCUT2D eigenvalue weighted by atomic mass is 10.1. The minimum absolute atomic E-state index is 0.245. The summed E-state index contributed by atoms with van der Waals surface area (Å²) in [5, 5.41) is 23.4. The summed E-state index contributed by atoms with van der Waals surface area (Å²) in [5.74, 6) is -0.439. The minimum Gasteiger partial charge on any atom is -0.394 e. The molecule has 0 spiro atoms. The fourth-order valence-electron chi connectivity index (χ4n) is 1.43. The highest BCUT2D eigenvalue weighted by Crippen LogP contribution is 2.20. The molecular weight excluding hydrogens is 254 g/mol. The predicted molar refractivity (Wildman–Crippen MR) is 67.5 cm³/mol. The first kappa shape index (κ1) is 12.9. The molecule has 0 bridgehead atoms. The van der Waals surface area contributed by atoms with Crippen molar-refractivity contribution in [2.24, 2.45) is 0 Å². The average Bonchev–Trinajstić information content (AvgIpc) is 2.86. The molecule has 2 aromatic rings. The van der Waals surface area contributed by atoms with Crippen LogP contribution in [0, 0.1) is 0 Å². The van der Waals surface area contributed by atoms with Crippen LogP contribution in [-0.4, -0.2) is 44.8 Å². The number of fused-ring (bicyclic) bond motifs is 1. The first-order valence-corrected chi connectivity index (χ1v) is 6.20. The highest BCUT2D eigenvalue weighted by Gasteiger charge is 2.26. The number of nitrogens with zero attached hydrogens (tertiary/aromatic N) is 2. The van der Waals surface area contributed by atoms with Crippen molar-refractivity contribution < 1.29 is 15.0 Å². The van der Waals surface area contributed by atoms with Crippen LogP contribution in [0.1, 0.15) is 17.4 Å². The predicted octanol–water partition coefficient (Wildman–Crippen LogP) is 0.164. The van der Waals surface area contributed by atoms with E-state index in [0.29, 0.717) is 5.39 Å². The summed E-state index contributed by atoms with van der Waals surface area (Å²) in [5.41, 5.74) is -0.820. The number of carbonyl (C=O) groups excluding carboxylic acids is 1. The molecule has 0 aliphatic heterocycles. The van der Waals surface area contributed by atoms with Gasteiger partial charge < -0.3 is 15.5 Å². The van der Waals surface area contributed by atoms with Crippen LogP contribution >= 0.6 is 11.3 Å². The van der Waals surface area contributed by atoms with E-state index >= 15 is 0 Å². The van der Waals surface area contributed by atoms with Crippen LogP contribution in [0.5, 0.6) is 0 Å². The van der Waals surface area contributed by atoms with E-state index in [1.54, 1.807) is 13.0 Å². The van der Waals surface area contributed by atoms with E-state index in [0.717, 1.165) is 4.83 Å². The number of amides is 1. The molecule has 3 N–H and O–H groups in total. The molecule has 2 aromatic heterocycles. The molecule has 7 heteroatoms. The Morgan fingerprint density at radius 2 is 2.17 bits per heavy atom. The molecule has 6 nitrogen and oxygen atoms in total. The number of hydrogen-bond donors (Lipinski definition) is 3. The van der Waals surface area contributed by atoms with Gasteiger partial charge in [0.05, 0.1) is 18.8 Å². The smallest absolute Gasteiger partial charge is 0.271 e. The molecule has 0 aliphatic carbocycles. The Hall–Kier alpha value is -1.57. The summed E-state index contributed by atoms with van der Waals surface area (Å²) in [6.07, 6.45) is 1.32. The Morgan fingerprint density at radius 3 is 2.83 bits per heavy atom. The van der Waals surface area contributed by atoms with E-state index in [4.69, 9.17) is 10.2 Å². The lowest BCUT2D eigenvalue weighted by Gasteiger charge is -2.25. The Balaban J connectivity index is 2.31. The second-order valence-corrected chi connectivity index (χ2v) is 5.09. The third-order valence-corrected chi connectivity index (χ3v) is 3.41. The van der Waals surface area contributed by atoms with Gasteiger partial charge in [0.25, 0.3) is 5.91 Å². The molecule has 0 radical (unpaired) electrons. The molecular formula is C11H13N3O3S. The first-order valence-electron chi connectivity index (χ1n) is 5.32. The van der Waals surface area contributed by atoms with E-state index in [1.165, 1.54) is 17.7 Å². The third kappa shape index (κ3) is 2.33. The SMILES string of the molecule is CC(CO)(CO)NC(=O)c1ncnc2sccc12. The van der Waals surface area contributed by atoms with Gasteiger partial charge in [0, 0.05) is 5.39 Å². The van der Waals surface area contributed by atoms with Crippen molar-refractivity contribution in [3.8, 4) is 0 Å². The van der Waals surface area contributed by atoms with E-state index < -0.39 is 11.4 Å². The lowest BCUT2D eigenvalue weighted by molar-refractivity contribution is 0.0721. The molecule has 0 fully saturated rings. The number of aromatic nitrogens is 2. The van der Waals surface area contributed by atoms with Crippen LogP contribution in [0.25, 0.3) is 10.2 Å². The van der Waals surface area contributed by atoms with Crippen molar-refractivity contribution in [1.82, 2.24) is 15.3 Å². The number of aliphatic hydroxyl groups excluding tert-OH is 2. The Morgan fingerprint density at radius 1 is 1.44 bits per heavy atom. The van der Waals surface area contributed by atoms with Crippen molar-refractivity contribution in [3.05, 3.63) is 23.5 Å². The van der Waals surface area contributed by atoms with Crippen LogP contribution in [0.4, 0.5) is 0 Å². The van der Waals surface area contributed by atoms with Gasteiger partial charge in [0.1, 0.15) is 16.9 Å². The minimum atomic E-state index is -1.07. The highest BCUT2D eigenvalue weighted by atomic mass is 32.1. The average molecular weight is 267 g/mol. The van der Waals surface area contributed by atoms with Gasteiger partial charge in [-0.15, -0.1) is 11.3 Å². The van der Waals surface area contributed by atoms with E-state index in [9.17, 15) is 4.79 Å². The van der Waals surface area contributed by atoms with E-state index in [1.807, 2.05) is 5.38 Å². The number of thiophene rings is 1. The van der Waals surface area contributed by atoms with Crippen molar-refractivity contribution in [2.45, 2.75) is 12.5 Å². The van der Waals surface area contributed by atoms with Crippen molar-refractivity contribution in [2.75, 3.05) is 13.2 Å². The summed E-state index contributed by atoms with van der Waals surface area (Å²) in [7, 11) is 0. The first-order chi connectivity index (χ1) is 8.59. The quantitative estimate of drug-likeness (QED) is 0.733. The van der Waals surface area contributed by atoms with Crippen LogP contribution in [0.15, 0.2) is 17.8 Å². The summed E-state index contributed by atoms with van der Waals surface area (Å²) in [4.78, 5) is 20.8. The normalized spacial score (nSPS) is 11.7. The maximum atomic E-state index is 12.1. The molecule has 0 atom stereocenters. The molecule has 96 valence electrons. The molecule has 0 aliphatic rings. The highest BCUT2D eigenvalue weighted by molar-refractivity contribution is 7.16. The number of nitrogens with one attached hydrogen (secondary N) is 1. The molecule has 0 unspecified atom stereocenters. The largest absolute Gasteiger partial charge is 0.394 e. The monoisotopic (exact) mass is 267 g/mol. The zero-order chi connectivity index (χ0) is 13.2. The molecule has 1 amide bonds. The van der Waals surface area contributed by atoms with Crippen LogP contribution in [0.2, 0.25) is 0 Å². The number of carbonyl (C=O) groups is 1. The molecule has 0 aromatic carbocycles.